The van der Waals surface area contributed by atoms with E-state index in [1.807, 2.05) is 0 Å². The van der Waals surface area contributed by atoms with E-state index in [0.717, 1.165) is 24.3 Å². The van der Waals surface area contributed by atoms with Crippen LogP contribution >= 0.6 is 0 Å². The zero-order valence-corrected chi connectivity index (χ0v) is 17.1. The van der Waals surface area contributed by atoms with Crippen LogP contribution in [0, 0.1) is 15.9 Å². The highest BCUT2D eigenvalue weighted by atomic mass is 19.4. The van der Waals surface area contributed by atoms with Gasteiger partial charge in [0.25, 0.3) is 17.5 Å². The molecule has 0 saturated heterocycles. The third kappa shape index (κ3) is 6.06. The van der Waals surface area contributed by atoms with Crippen molar-refractivity contribution in [3.8, 4) is 5.75 Å². The van der Waals surface area contributed by atoms with Gasteiger partial charge in [-0.15, -0.1) is 0 Å². The quantitative estimate of drug-likeness (QED) is 0.282. The standard InChI is InChI=1S/C22H15F4N3O5/c23-18-7-2-1-6-16(18)21(31)27-13-8-9-19(17(10-13)22(24,25)26)28-20(30)12-34-15-5-3-4-14(11-15)29(32)33/h1-11H,12H2,(H,27,31)(H,28,30). The summed E-state index contributed by atoms with van der Waals surface area (Å²) >= 11 is 0. The summed E-state index contributed by atoms with van der Waals surface area (Å²) in [7, 11) is 0. The topological polar surface area (TPSA) is 111 Å². The van der Waals surface area contributed by atoms with Gasteiger partial charge in [0.05, 0.1) is 27.8 Å². The highest BCUT2D eigenvalue weighted by Crippen LogP contribution is 2.36. The molecule has 0 heterocycles. The van der Waals surface area contributed by atoms with Crippen LogP contribution in [0.15, 0.2) is 66.7 Å². The summed E-state index contributed by atoms with van der Waals surface area (Å²) in [6.07, 6.45) is -4.90. The van der Waals surface area contributed by atoms with E-state index in [9.17, 15) is 37.3 Å². The number of anilines is 2. The molecular formula is C22H15F4N3O5. The first kappa shape index (κ1) is 24.2. The Kier molecular flexibility index (Phi) is 7.09. The number of carbonyl (C=O) groups is 2. The number of halogens is 4. The molecule has 0 aliphatic heterocycles. The second kappa shape index (κ2) is 9.98. The lowest BCUT2D eigenvalue weighted by Crippen LogP contribution is -2.22. The van der Waals surface area contributed by atoms with Gasteiger partial charge in [0, 0.05) is 11.8 Å². The van der Waals surface area contributed by atoms with Gasteiger partial charge >= 0.3 is 6.18 Å². The average molecular weight is 477 g/mol. The van der Waals surface area contributed by atoms with E-state index < -0.39 is 46.6 Å². The minimum atomic E-state index is -4.90. The zero-order chi connectivity index (χ0) is 24.9. The number of hydrogen-bond donors (Lipinski definition) is 2. The summed E-state index contributed by atoms with van der Waals surface area (Å²) < 4.78 is 59.5. The van der Waals surface area contributed by atoms with Crippen LogP contribution in [0.4, 0.5) is 34.6 Å². The van der Waals surface area contributed by atoms with Crippen LogP contribution < -0.4 is 15.4 Å². The Bertz CT molecular complexity index is 1250. The molecule has 0 spiro atoms. The van der Waals surface area contributed by atoms with E-state index >= 15 is 0 Å². The Morgan fingerprint density at radius 1 is 0.971 bits per heavy atom. The minimum Gasteiger partial charge on any atom is -0.484 e. The van der Waals surface area contributed by atoms with E-state index in [1.54, 1.807) is 0 Å². The number of hydrogen-bond acceptors (Lipinski definition) is 5. The maximum atomic E-state index is 13.7. The maximum Gasteiger partial charge on any atom is 0.418 e. The molecule has 34 heavy (non-hydrogen) atoms. The lowest BCUT2D eigenvalue weighted by Gasteiger charge is -2.16. The molecule has 0 radical (unpaired) electrons. The van der Waals surface area contributed by atoms with Crippen LogP contribution in [0.5, 0.6) is 5.75 Å². The number of non-ortho nitro benzene ring substituents is 1. The van der Waals surface area contributed by atoms with Crippen molar-refractivity contribution >= 4 is 28.9 Å². The van der Waals surface area contributed by atoms with E-state index in [2.05, 4.69) is 10.6 Å². The van der Waals surface area contributed by atoms with Gasteiger partial charge in [-0.25, -0.2) is 4.39 Å². The van der Waals surface area contributed by atoms with Crippen LogP contribution in [-0.4, -0.2) is 23.3 Å². The largest absolute Gasteiger partial charge is 0.484 e. The van der Waals surface area contributed by atoms with Crippen molar-refractivity contribution in [1.29, 1.82) is 0 Å². The number of nitro groups is 1. The number of nitro benzene ring substituents is 1. The number of nitrogens with zero attached hydrogens (tertiary/aromatic N) is 1. The van der Waals surface area contributed by atoms with E-state index in [4.69, 9.17) is 4.74 Å². The monoisotopic (exact) mass is 477 g/mol. The Morgan fingerprint density at radius 2 is 1.71 bits per heavy atom. The summed E-state index contributed by atoms with van der Waals surface area (Å²) in [5, 5.41) is 15.0. The fraction of sp³-hybridized carbons (Fsp3) is 0.0909. The first-order chi connectivity index (χ1) is 16.0. The molecule has 0 saturated carbocycles. The number of rotatable bonds is 7. The fourth-order valence-corrected chi connectivity index (χ4v) is 2.83. The zero-order valence-electron chi connectivity index (χ0n) is 17.1. The Hall–Kier alpha value is -4.48. The second-order valence-corrected chi connectivity index (χ2v) is 6.78. The molecular weight excluding hydrogens is 462 g/mol. The van der Waals surface area contributed by atoms with Gasteiger partial charge in [-0.05, 0) is 36.4 Å². The van der Waals surface area contributed by atoms with Gasteiger partial charge < -0.3 is 15.4 Å². The van der Waals surface area contributed by atoms with Crippen molar-refractivity contribution in [2.45, 2.75) is 6.18 Å². The molecule has 0 unspecified atom stereocenters. The van der Waals surface area contributed by atoms with Crippen LogP contribution in [0.3, 0.4) is 0 Å². The maximum absolute atomic E-state index is 13.7. The lowest BCUT2D eigenvalue weighted by molar-refractivity contribution is -0.384. The average Bonchev–Trinajstić information content (AvgIpc) is 2.78. The van der Waals surface area contributed by atoms with Crippen LogP contribution in [0.25, 0.3) is 0 Å². The molecule has 176 valence electrons. The van der Waals surface area contributed by atoms with Crippen LogP contribution in [0.1, 0.15) is 15.9 Å². The van der Waals surface area contributed by atoms with Crippen molar-refractivity contribution in [2.75, 3.05) is 17.2 Å². The highest BCUT2D eigenvalue weighted by molar-refractivity contribution is 6.04. The van der Waals surface area contributed by atoms with E-state index in [-0.39, 0.29) is 22.7 Å². The third-order valence-electron chi connectivity index (χ3n) is 4.37. The van der Waals surface area contributed by atoms with Gasteiger partial charge in [-0.1, -0.05) is 18.2 Å². The number of amides is 2. The number of benzene rings is 3. The van der Waals surface area contributed by atoms with E-state index in [0.29, 0.717) is 6.07 Å². The van der Waals surface area contributed by atoms with Gasteiger partial charge in [0.1, 0.15) is 11.6 Å². The summed E-state index contributed by atoms with van der Waals surface area (Å²) in [6, 6.07) is 12.5. The normalized spacial score (nSPS) is 10.9. The molecule has 0 atom stereocenters. The van der Waals surface area contributed by atoms with Gasteiger partial charge in [-0.2, -0.15) is 13.2 Å². The predicted octanol–water partition coefficient (Wildman–Crippen LogP) is 5.02. The molecule has 0 aromatic heterocycles. The van der Waals surface area contributed by atoms with E-state index in [1.165, 1.54) is 36.4 Å². The molecule has 3 rings (SSSR count). The van der Waals surface area contributed by atoms with Crippen molar-refractivity contribution < 1.29 is 36.8 Å². The molecule has 0 aliphatic rings. The first-order valence-electron chi connectivity index (χ1n) is 9.49. The lowest BCUT2D eigenvalue weighted by atomic mass is 10.1. The molecule has 3 aromatic rings. The third-order valence-corrected chi connectivity index (χ3v) is 4.37. The van der Waals surface area contributed by atoms with Crippen LogP contribution in [0.2, 0.25) is 0 Å². The molecule has 0 bridgehead atoms. The summed E-state index contributed by atoms with van der Waals surface area (Å²) in [4.78, 5) is 34.4. The number of alkyl halides is 3. The van der Waals surface area contributed by atoms with Crippen molar-refractivity contribution in [2.24, 2.45) is 0 Å². The van der Waals surface area contributed by atoms with Crippen molar-refractivity contribution in [3.63, 3.8) is 0 Å². The van der Waals surface area contributed by atoms with Crippen molar-refractivity contribution in [3.05, 3.63) is 93.8 Å². The molecule has 2 amide bonds. The fourth-order valence-electron chi connectivity index (χ4n) is 2.83. The van der Waals surface area contributed by atoms with Gasteiger partial charge in [0.15, 0.2) is 6.61 Å². The smallest absolute Gasteiger partial charge is 0.418 e. The number of ether oxygens (including phenoxy) is 1. The first-order valence-corrected chi connectivity index (χ1v) is 9.49. The molecule has 0 fully saturated rings. The Labute approximate surface area is 189 Å². The number of carbonyl (C=O) groups excluding carboxylic acids is 2. The second-order valence-electron chi connectivity index (χ2n) is 6.78. The highest BCUT2D eigenvalue weighted by Gasteiger charge is 2.34. The minimum absolute atomic E-state index is 0.0217. The number of nitrogens with one attached hydrogen (secondary N) is 2. The van der Waals surface area contributed by atoms with Crippen molar-refractivity contribution in [1.82, 2.24) is 0 Å². The van der Waals surface area contributed by atoms with Gasteiger partial charge in [-0.3, -0.25) is 19.7 Å². The summed E-state index contributed by atoms with van der Waals surface area (Å²) in [5.41, 5.74) is -2.78. The molecule has 12 heteroatoms. The summed E-state index contributed by atoms with van der Waals surface area (Å²) in [5.74, 6) is -2.77. The molecule has 0 aliphatic carbocycles. The predicted molar refractivity (Wildman–Crippen MR) is 113 cm³/mol. The molecule has 2 N–H and O–H groups in total. The van der Waals surface area contributed by atoms with Gasteiger partial charge in [0.2, 0.25) is 0 Å². The molecule has 8 nitrogen and oxygen atoms in total. The Morgan fingerprint density at radius 3 is 2.38 bits per heavy atom. The Balaban J connectivity index is 1.73. The molecule has 3 aromatic carbocycles. The van der Waals surface area contributed by atoms with Crippen LogP contribution in [-0.2, 0) is 11.0 Å². The summed E-state index contributed by atoms with van der Waals surface area (Å²) in [6.45, 7) is -0.718. The SMILES string of the molecule is O=C(COc1cccc([N+](=O)[O-])c1)Nc1ccc(NC(=O)c2ccccc2F)cc1C(F)(F)F.